The number of carbonyl (C=O) groups is 1. The van der Waals surface area contributed by atoms with Gasteiger partial charge in [-0.25, -0.2) is 0 Å². The van der Waals surface area contributed by atoms with Crippen LogP contribution in [0.2, 0.25) is 0 Å². The number of amides is 1. The van der Waals surface area contributed by atoms with Crippen LogP contribution in [0, 0.1) is 0 Å². The van der Waals surface area contributed by atoms with Crippen LogP contribution in [-0.4, -0.2) is 25.2 Å². The van der Waals surface area contributed by atoms with E-state index >= 15 is 0 Å². The van der Waals surface area contributed by atoms with Crippen LogP contribution in [0.15, 0.2) is 36.4 Å². The third kappa shape index (κ3) is 3.64. The normalized spacial score (nSPS) is 17.0. The summed E-state index contributed by atoms with van der Waals surface area (Å²) in [5.74, 6) is 0.786. The molecule has 25 heavy (non-hydrogen) atoms. The highest BCUT2D eigenvalue weighted by Crippen LogP contribution is 2.35. The summed E-state index contributed by atoms with van der Waals surface area (Å²) in [7, 11) is 1.66. The van der Waals surface area contributed by atoms with Gasteiger partial charge in [0.05, 0.1) is 7.11 Å². The first-order chi connectivity index (χ1) is 12.2. The molecular weight excluding hydrogens is 314 g/mol. The molecule has 0 unspecified atom stereocenters. The third-order valence-electron chi connectivity index (χ3n) is 5.10. The van der Waals surface area contributed by atoms with Crippen LogP contribution in [0.1, 0.15) is 45.4 Å². The minimum absolute atomic E-state index is 0.0217. The highest BCUT2D eigenvalue weighted by molar-refractivity contribution is 6.06. The number of rotatable bonds is 5. The molecule has 2 aromatic carbocycles. The molecule has 1 amide bonds. The summed E-state index contributed by atoms with van der Waals surface area (Å²) < 4.78 is 11.4. The van der Waals surface area contributed by atoms with E-state index in [-0.39, 0.29) is 5.91 Å². The average molecular weight is 341 g/mol. The van der Waals surface area contributed by atoms with E-state index in [2.05, 4.69) is 5.32 Å². The molecule has 2 aromatic rings. The highest BCUT2D eigenvalue weighted by atomic mass is 16.5. The largest absolute Gasteiger partial charge is 0.496 e. The van der Waals surface area contributed by atoms with Gasteiger partial charge in [0.15, 0.2) is 0 Å². The maximum absolute atomic E-state index is 13.2. The van der Waals surface area contributed by atoms with Crippen molar-refractivity contribution in [3.05, 3.63) is 36.4 Å². The van der Waals surface area contributed by atoms with Crippen LogP contribution < -0.4 is 10.1 Å². The molecule has 4 nitrogen and oxygen atoms in total. The molecule has 4 heteroatoms. The molecule has 1 N–H and O–H groups in total. The van der Waals surface area contributed by atoms with Crippen molar-refractivity contribution in [2.24, 2.45) is 0 Å². The van der Waals surface area contributed by atoms with Crippen molar-refractivity contribution in [1.29, 1.82) is 0 Å². The number of methoxy groups -OCH3 is 1. The monoisotopic (exact) mass is 341 g/mol. The first-order valence-corrected chi connectivity index (χ1v) is 9.21. The van der Waals surface area contributed by atoms with Gasteiger partial charge in [0.2, 0.25) is 0 Å². The van der Waals surface area contributed by atoms with Gasteiger partial charge in [-0.2, -0.15) is 0 Å². The molecule has 0 atom stereocenters. The van der Waals surface area contributed by atoms with Crippen molar-refractivity contribution >= 4 is 22.4 Å². The van der Waals surface area contributed by atoms with Crippen LogP contribution in [-0.2, 0) is 9.53 Å². The van der Waals surface area contributed by atoms with Gasteiger partial charge >= 0.3 is 0 Å². The summed E-state index contributed by atoms with van der Waals surface area (Å²) in [5.41, 5.74) is 0.108. The number of hydrogen-bond donors (Lipinski definition) is 1. The average Bonchev–Trinajstić information content (AvgIpc) is 2.89. The zero-order valence-corrected chi connectivity index (χ0v) is 15.1. The Bertz CT molecular complexity index is 733. The van der Waals surface area contributed by atoms with Gasteiger partial charge in [-0.3, -0.25) is 4.79 Å². The van der Waals surface area contributed by atoms with E-state index in [0.717, 1.165) is 47.9 Å². The van der Waals surface area contributed by atoms with Crippen molar-refractivity contribution in [2.45, 2.75) is 51.0 Å². The van der Waals surface area contributed by atoms with Gasteiger partial charge in [-0.1, -0.05) is 49.9 Å². The quantitative estimate of drug-likeness (QED) is 0.786. The number of ether oxygens (including phenoxy) is 2. The molecule has 3 rings (SSSR count). The van der Waals surface area contributed by atoms with Gasteiger partial charge in [-0.15, -0.1) is 0 Å². The highest BCUT2D eigenvalue weighted by Gasteiger charge is 2.39. The molecule has 0 bridgehead atoms. The molecule has 0 saturated heterocycles. The van der Waals surface area contributed by atoms with Crippen molar-refractivity contribution < 1.29 is 14.3 Å². The fourth-order valence-corrected chi connectivity index (χ4v) is 3.81. The summed E-state index contributed by atoms with van der Waals surface area (Å²) in [6.45, 7) is 2.51. The molecule has 1 fully saturated rings. The lowest BCUT2D eigenvalue weighted by atomic mass is 9.92. The Kier molecular flexibility index (Phi) is 5.59. The minimum atomic E-state index is -0.702. The van der Waals surface area contributed by atoms with Gasteiger partial charge < -0.3 is 14.8 Å². The number of hydrogen-bond acceptors (Lipinski definition) is 3. The van der Waals surface area contributed by atoms with E-state index < -0.39 is 5.60 Å². The zero-order valence-electron chi connectivity index (χ0n) is 15.1. The molecule has 134 valence electrons. The van der Waals surface area contributed by atoms with Crippen molar-refractivity contribution in [3.8, 4) is 5.75 Å². The van der Waals surface area contributed by atoms with E-state index in [1.54, 1.807) is 7.11 Å². The van der Waals surface area contributed by atoms with Gasteiger partial charge in [0.1, 0.15) is 11.4 Å². The SMILES string of the molecule is CCOC1(C(=O)Nc2ccc(OC)c3ccccc23)CCCCCC1. The van der Waals surface area contributed by atoms with Crippen molar-refractivity contribution in [2.75, 3.05) is 19.0 Å². The number of anilines is 1. The van der Waals surface area contributed by atoms with Crippen LogP contribution in [0.4, 0.5) is 5.69 Å². The van der Waals surface area contributed by atoms with Gasteiger partial charge in [-0.05, 0) is 31.9 Å². The molecular formula is C21H27NO3. The van der Waals surface area contributed by atoms with Crippen molar-refractivity contribution in [3.63, 3.8) is 0 Å². The Morgan fingerprint density at radius 1 is 1.04 bits per heavy atom. The second-order valence-electron chi connectivity index (χ2n) is 6.66. The van der Waals surface area contributed by atoms with Crippen LogP contribution >= 0.6 is 0 Å². The van der Waals surface area contributed by atoms with E-state index in [1.165, 1.54) is 12.8 Å². The fourth-order valence-electron chi connectivity index (χ4n) is 3.81. The molecule has 0 aliphatic heterocycles. The standard InChI is InChI=1S/C21H27NO3/c1-3-25-21(14-8-4-5-9-15-21)20(23)22-18-12-13-19(24-2)17-11-7-6-10-16(17)18/h6-7,10-13H,3-5,8-9,14-15H2,1-2H3,(H,22,23). The lowest BCUT2D eigenvalue weighted by Crippen LogP contribution is -2.45. The summed E-state index contributed by atoms with van der Waals surface area (Å²) >= 11 is 0. The maximum Gasteiger partial charge on any atom is 0.256 e. The zero-order chi connectivity index (χ0) is 17.7. The Hall–Kier alpha value is -2.07. The van der Waals surface area contributed by atoms with Gasteiger partial charge in [0.25, 0.3) is 5.91 Å². The molecule has 1 aliphatic rings. The van der Waals surface area contributed by atoms with Crippen LogP contribution in [0.3, 0.4) is 0 Å². The Morgan fingerprint density at radius 2 is 1.72 bits per heavy atom. The third-order valence-corrected chi connectivity index (χ3v) is 5.10. The van der Waals surface area contributed by atoms with Crippen LogP contribution in [0.5, 0.6) is 5.75 Å². The van der Waals surface area contributed by atoms with E-state index in [9.17, 15) is 4.79 Å². The van der Waals surface area contributed by atoms with Gasteiger partial charge in [0, 0.05) is 23.1 Å². The lowest BCUT2D eigenvalue weighted by molar-refractivity contribution is -0.143. The number of benzene rings is 2. The summed E-state index contributed by atoms with van der Waals surface area (Å²) in [6, 6.07) is 11.8. The first-order valence-electron chi connectivity index (χ1n) is 9.21. The predicted octanol–water partition coefficient (Wildman–Crippen LogP) is 4.92. The number of fused-ring (bicyclic) bond motifs is 1. The molecule has 1 saturated carbocycles. The number of carbonyl (C=O) groups excluding carboxylic acids is 1. The van der Waals surface area contributed by atoms with E-state index in [1.807, 2.05) is 43.3 Å². The van der Waals surface area contributed by atoms with E-state index in [4.69, 9.17) is 9.47 Å². The molecule has 0 heterocycles. The van der Waals surface area contributed by atoms with E-state index in [0.29, 0.717) is 6.61 Å². The molecule has 0 radical (unpaired) electrons. The molecule has 1 aliphatic carbocycles. The molecule has 0 aromatic heterocycles. The predicted molar refractivity (Wildman–Crippen MR) is 101 cm³/mol. The van der Waals surface area contributed by atoms with Crippen molar-refractivity contribution in [1.82, 2.24) is 0 Å². The lowest BCUT2D eigenvalue weighted by Gasteiger charge is -2.31. The second-order valence-corrected chi connectivity index (χ2v) is 6.66. The fraction of sp³-hybridized carbons (Fsp3) is 0.476. The first kappa shape index (κ1) is 17.7. The summed E-state index contributed by atoms with van der Waals surface area (Å²) in [6.07, 6.45) is 6.01. The Labute approximate surface area is 149 Å². The van der Waals surface area contributed by atoms with Crippen LogP contribution in [0.25, 0.3) is 10.8 Å². The summed E-state index contributed by atoms with van der Waals surface area (Å²) in [4.78, 5) is 13.2. The minimum Gasteiger partial charge on any atom is -0.496 e. The Balaban J connectivity index is 1.92. The Morgan fingerprint density at radius 3 is 2.36 bits per heavy atom. The topological polar surface area (TPSA) is 47.6 Å². The smallest absolute Gasteiger partial charge is 0.256 e. The maximum atomic E-state index is 13.2. The number of nitrogens with one attached hydrogen (secondary N) is 1. The second kappa shape index (κ2) is 7.87. The summed E-state index contributed by atoms with van der Waals surface area (Å²) in [5, 5.41) is 5.12. The molecule has 0 spiro atoms.